The zero-order valence-electron chi connectivity index (χ0n) is 14.0. The van der Waals surface area contributed by atoms with E-state index in [4.69, 9.17) is 26.7 Å². The number of fused-ring (bicyclic) bond motifs is 1. The maximum Gasteiger partial charge on any atom is 0.481 e. The topological polar surface area (TPSA) is 209 Å². The van der Waals surface area contributed by atoms with Gasteiger partial charge in [0.15, 0.2) is 10.4 Å². The van der Waals surface area contributed by atoms with Gasteiger partial charge >= 0.3 is 15.6 Å². The molecule has 1 saturated heterocycles. The summed E-state index contributed by atoms with van der Waals surface area (Å²) in [5, 5.41) is 20.7. The van der Waals surface area contributed by atoms with Gasteiger partial charge < -0.3 is 34.6 Å². The molecule has 0 radical (unpaired) electrons. The summed E-state index contributed by atoms with van der Waals surface area (Å²) in [6.07, 6.45) is -1.85. The highest BCUT2D eigenvalue weighted by Gasteiger charge is 2.53. The number of aromatic amines is 1. The van der Waals surface area contributed by atoms with Crippen molar-refractivity contribution >= 4 is 39.0 Å². The lowest BCUT2D eigenvalue weighted by Crippen LogP contribution is -2.43. The van der Waals surface area contributed by atoms with Gasteiger partial charge in [0.05, 0.1) is 19.3 Å². The third kappa shape index (κ3) is 4.10. The number of hydrogen-bond donors (Lipinski definition) is 6. The van der Waals surface area contributed by atoms with Gasteiger partial charge in [0.1, 0.15) is 29.5 Å². The summed E-state index contributed by atoms with van der Waals surface area (Å²) in [6.45, 7) is 0.607. The van der Waals surface area contributed by atoms with E-state index in [1.165, 1.54) is 24.1 Å². The van der Waals surface area contributed by atoms with Crippen molar-refractivity contribution in [3.05, 3.63) is 17.3 Å². The fraction of sp³-hybridized carbons (Fsp3) is 0.545. The molecule has 2 aromatic rings. The van der Waals surface area contributed by atoms with Crippen LogP contribution < -0.4 is 0 Å². The number of ether oxygens (including phenoxy) is 1. The van der Waals surface area contributed by atoms with E-state index in [2.05, 4.69) is 23.8 Å². The summed E-state index contributed by atoms with van der Waals surface area (Å²) in [7, 11) is -10.4. The van der Waals surface area contributed by atoms with Crippen LogP contribution in [0.25, 0.3) is 11.2 Å². The van der Waals surface area contributed by atoms with E-state index in [1.54, 1.807) is 0 Å². The minimum Gasteiger partial charge on any atom is -0.387 e. The van der Waals surface area contributed by atoms with Crippen molar-refractivity contribution < 1.29 is 47.6 Å². The zero-order chi connectivity index (χ0) is 20.9. The Morgan fingerprint density at radius 1 is 1.36 bits per heavy atom. The summed E-state index contributed by atoms with van der Waals surface area (Å²) < 4.78 is 37.6. The summed E-state index contributed by atoms with van der Waals surface area (Å²) >= 11 is 5.06. The Balaban J connectivity index is 1.83. The molecule has 3 heterocycles. The fourth-order valence-corrected chi connectivity index (χ4v) is 4.62. The number of H-pyrrole nitrogens is 1. The Bertz CT molecular complexity index is 1040. The second-order valence-electron chi connectivity index (χ2n) is 6.00. The van der Waals surface area contributed by atoms with Crippen LogP contribution in [0.2, 0.25) is 0 Å². The standard InChI is InChI=1S/C11H16N4O10P2S/c1-11(15-4-14-6-9(15)12-3-13-10(6)28)8(17)7(16)5(24-11)2-23-27(21,22)25-26(18,19)20/h3-5,7-8,16-17H,2H2,1H3,(H,21,22)(H,12,13,28)(H2,18,19,20)/t5-,7-,8-,11-/m1/s1. The van der Waals surface area contributed by atoms with Crippen molar-refractivity contribution in [2.24, 2.45) is 0 Å². The van der Waals surface area contributed by atoms with E-state index in [0.29, 0.717) is 11.2 Å². The van der Waals surface area contributed by atoms with Crippen molar-refractivity contribution in [1.82, 2.24) is 19.5 Å². The van der Waals surface area contributed by atoms with Crippen molar-refractivity contribution in [1.29, 1.82) is 0 Å². The molecule has 14 nitrogen and oxygen atoms in total. The van der Waals surface area contributed by atoms with E-state index in [0.717, 1.165) is 0 Å². The SMILES string of the molecule is C[C@@]1(n2cnc3c(=S)nc[nH]c32)O[C@H](COP(=O)(O)OP(=O)(O)O)[C@@H](O)[C@H]1O. The Hall–Kier alpha value is -1.09. The monoisotopic (exact) mass is 458 g/mol. The molecular formula is C11H16N4O10P2S. The van der Waals surface area contributed by atoms with Crippen LogP contribution in [0.15, 0.2) is 12.7 Å². The van der Waals surface area contributed by atoms with Crippen molar-refractivity contribution in [2.75, 3.05) is 6.61 Å². The number of hydrogen-bond acceptors (Lipinski definition) is 10. The van der Waals surface area contributed by atoms with E-state index in [9.17, 15) is 24.2 Å². The van der Waals surface area contributed by atoms with Gasteiger partial charge in [-0.3, -0.25) is 9.09 Å². The minimum atomic E-state index is -5.30. The smallest absolute Gasteiger partial charge is 0.387 e. The molecule has 0 aromatic carbocycles. The summed E-state index contributed by atoms with van der Waals surface area (Å²) in [4.78, 5) is 37.3. The highest BCUT2D eigenvalue weighted by atomic mass is 32.1. The number of aliphatic hydroxyl groups is 2. The van der Waals surface area contributed by atoms with Gasteiger partial charge in [0, 0.05) is 0 Å². The predicted molar refractivity (Wildman–Crippen MR) is 92.2 cm³/mol. The van der Waals surface area contributed by atoms with Crippen molar-refractivity contribution in [3.63, 3.8) is 0 Å². The van der Waals surface area contributed by atoms with Gasteiger partial charge in [-0.25, -0.2) is 19.1 Å². The average Bonchev–Trinajstić information content (AvgIpc) is 3.09. The average molecular weight is 458 g/mol. The van der Waals surface area contributed by atoms with Crippen LogP contribution in [0.1, 0.15) is 6.92 Å². The number of imidazole rings is 1. The van der Waals surface area contributed by atoms with Gasteiger partial charge in [-0.15, -0.1) is 0 Å². The summed E-state index contributed by atoms with van der Waals surface area (Å²) in [6, 6.07) is 0. The third-order valence-electron chi connectivity index (χ3n) is 4.09. The van der Waals surface area contributed by atoms with Gasteiger partial charge in [0.2, 0.25) is 0 Å². The first-order chi connectivity index (χ1) is 12.8. The van der Waals surface area contributed by atoms with Crippen LogP contribution in [-0.4, -0.2) is 69.3 Å². The maximum absolute atomic E-state index is 11.6. The van der Waals surface area contributed by atoms with E-state index in [-0.39, 0.29) is 4.64 Å². The summed E-state index contributed by atoms with van der Waals surface area (Å²) in [5.74, 6) is 0. The first-order valence-electron chi connectivity index (χ1n) is 7.53. The second kappa shape index (κ2) is 7.31. The lowest BCUT2D eigenvalue weighted by molar-refractivity contribution is -0.131. The van der Waals surface area contributed by atoms with Crippen LogP contribution in [-0.2, 0) is 28.4 Å². The second-order valence-corrected chi connectivity index (χ2v) is 9.22. The molecule has 1 aliphatic rings. The number of aliphatic hydroxyl groups excluding tert-OH is 2. The Kier molecular flexibility index (Phi) is 5.64. The summed E-state index contributed by atoms with van der Waals surface area (Å²) in [5.41, 5.74) is -0.933. The molecule has 0 bridgehead atoms. The van der Waals surface area contributed by atoms with Crippen molar-refractivity contribution in [2.45, 2.75) is 31.0 Å². The molecule has 1 aliphatic heterocycles. The highest BCUT2D eigenvalue weighted by molar-refractivity contribution is 7.71. The first kappa shape index (κ1) is 21.6. The Morgan fingerprint density at radius 3 is 2.68 bits per heavy atom. The number of phosphoric acid groups is 2. The molecule has 156 valence electrons. The Morgan fingerprint density at radius 2 is 2.04 bits per heavy atom. The largest absolute Gasteiger partial charge is 0.481 e. The quantitative estimate of drug-likeness (QED) is 0.239. The van der Waals surface area contributed by atoms with Gasteiger partial charge in [-0.1, -0.05) is 12.2 Å². The number of phosphoric ester groups is 1. The van der Waals surface area contributed by atoms with E-state index < -0.39 is 46.3 Å². The molecule has 5 atom stereocenters. The van der Waals surface area contributed by atoms with Gasteiger partial charge in [0.25, 0.3) is 0 Å². The van der Waals surface area contributed by atoms with Crippen LogP contribution in [0.5, 0.6) is 0 Å². The van der Waals surface area contributed by atoms with Crippen LogP contribution >= 0.6 is 27.9 Å². The lowest BCUT2D eigenvalue weighted by Gasteiger charge is -2.29. The molecule has 0 saturated carbocycles. The van der Waals surface area contributed by atoms with Gasteiger partial charge in [-0.05, 0) is 6.92 Å². The molecule has 28 heavy (non-hydrogen) atoms. The molecule has 0 spiro atoms. The zero-order valence-corrected chi connectivity index (χ0v) is 16.6. The molecule has 17 heteroatoms. The number of nitrogens with one attached hydrogen (secondary N) is 1. The molecular weight excluding hydrogens is 442 g/mol. The molecule has 1 fully saturated rings. The number of nitrogens with zero attached hydrogens (tertiary/aromatic N) is 3. The predicted octanol–water partition coefficient (Wildman–Crippen LogP) is -0.492. The first-order valence-corrected chi connectivity index (χ1v) is 11.0. The number of aromatic nitrogens is 4. The minimum absolute atomic E-state index is 0.194. The molecule has 3 rings (SSSR count). The number of rotatable bonds is 6. The molecule has 0 aliphatic carbocycles. The molecule has 6 N–H and O–H groups in total. The van der Waals surface area contributed by atoms with Crippen molar-refractivity contribution in [3.8, 4) is 0 Å². The molecule has 1 unspecified atom stereocenters. The van der Waals surface area contributed by atoms with Crippen LogP contribution in [0.3, 0.4) is 0 Å². The van der Waals surface area contributed by atoms with Crippen LogP contribution in [0.4, 0.5) is 0 Å². The van der Waals surface area contributed by atoms with Gasteiger partial charge in [-0.2, -0.15) is 4.31 Å². The normalized spacial score (nSPS) is 30.6. The molecule has 0 amide bonds. The lowest BCUT2D eigenvalue weighted by atomic mass is 10.0. The van der Waals surface area contributed by atoms with E-state index >= 15 is 0 Å². The van der Waals surface area contributed by atoms with Crippen LogP contribution in [0, 0.1) is 4.64 Å². The molecule has 2 aromatic heterocycles. The fourth-order valence-electron chi connectivity index (χ4n) is 2.82. The maximum atomic E-state index is 11.6. The van der Waals surface area contributed by atoms with E-state index in [1.807, 2.05) is 0 Å². The Labute approximate surface area is 161 Å². The third-order valence-corrected chi connectivity index (χ3v) is 6.54. The highest BCUT2D eigenvalue weighted by Crippen LogP contribution is 2.57.